The van der Waals surface area contributed by atoms with Crippen LogP contribution in [-0.2, 0) is 20.7 Å². The number of halogens is 1. The van der Waals surface area contributed by atoms with Crippen molar-refractivity contribution in [1.29, 1.82) is 0 Å². The predicted octanol–water partition coefficient (Wildman–Crippen LogP) is 2.60. The number of aromatic nitrogens is 1. The number of anilines is 1. The Kier molecular flexibility index (Phi) is 4.51. The molecule has 1 N–H and O–H groups in total. The van der Waals surface area contributed by atoms with Gasteiger partial charge in [0.25, 0.3) is 0 Å². The van der Waals surface area contributed by atoms with Crippen LogP contribution >= 0.6 is 11.3 Å². The molecule has 0 aliphatic rings. The summed E-state index contributed by atoms with van der Waals surface area (Å²) in [6, 6.07) is 0. The van der Waals surface area contributed by atoms with Crippen molar-refractivity contribution in [2.45, 2.75) is 39.0 Å². The minimum atomic E-state index is -4.62. The Balaban J connectivity index is 2.77. The van der Waals surface area contributed by atoms with Crippen molar-refractivity contribution in [2.24, 2.45) is 0 Å². The molecule has 0 aromatic carbocycles. The molecule has 0 spiro atoms. The van der Waals surface area contributed by atoms with Gasteiger partial charge in [0.15, 0.2) is 5.13 Å². The average molecular weight is 310 g/mol. The third-order valence-electron chi connectivity index (χ3n) is 1.80. The number of nitrogens with one attached hydrogen (secondary N) is 1. The van der Waals surface area contributed by atoms with Crippen LogP contribution in [0.4, 0.5) is 13.8 Å². The first-order chi connectivity index (χ1) is 8.46. The zero-order chi connectivity index (χ0) is 14.8. The highest BCUT2D eigenvalue weighted by Gasteiger charge is 2.19. The molecule has 1 aromatic rings. The molecule has 0 saturated heterocycles. The van der Waals surface area contributed by atoms with E-state index < -0.39 is 27.7 Å². The fraction of sp³-hybridized carbons (Fsp3) is 0.600. The maximum absolute atomic E-state index is 12.6. The summed E-state index contributed by atoms with van der Waals surface area (Å²) < 4.78 is 38.7. The molecule has 0 aliphatic heterocycles. The van der Waals surface area contributed by atoms with Gasteiger partial charge < -0.3 is 4.74 Å². The van der Waals surface area contributed by atoms with Gasteiger partial charge in [0.2, 0.25) is 0 Å². The van der Waals surface area contributed by atoms with Gasteiger partial charge in [-0.2, -0.15) is 8.42 Å². The lowest BCUT2D eigenvalue weighted by Crippen LogP contribution is -2.27. The Morgan fingerprint density at radius 3 is 2.53 bits per heavy atom. The fourth-order valence-electron chi connectivity index (χ4n) is 1.16. The van der Waals surface area contributed by atoms with Crippen molar-refractivity contribution in [3.8, 4) is 0 Å². The molecule has 19 heavy (non-hydrogen) atoms. The number of hydrogen-bond acceptors (Lipinski definition) is 6. The maximum atomic E-state index is 12.6. The Bertz CT molecular complexity index is 575. The molecule has 0 bridgehead atoms. The van der Waals surface area contributed by atoms with Crippen molar-refractivity contribution in [2.75, 3.05) is 5.32 Å². The average Bonchev–Trinajstić information content (AvgIpc) is 2.39. The molecule has 6 nitrogen and oxygen atoms in total. The third-order valence-corrected chi connectivity index (χ3v) is 3.69. The van der Waals surface area contributed by atoms with E-state index in [-0.39, 0.29) is 10.0 Å². The summed E-state index contributed by atoms with van der Waals surface area (Å²) >= 11 is 0.898. The first-order valence-corrected chi connectivity index (χ1v) is 7.72. The summed E-state index contributed by atoms with van der Waals surface area (Å²) in [5.74, 6) is -0.744. The van der Waals surface area contributed by atoms with Gasteiger partial charge in [-0.3, -0.25) is 5.32 Å². The number of ether oxygens (including phenoxy) is 1. The number of carbonyl (C=O) groups is 1. The SMILES string of the molecule is Cc1nc(NC(=O)OC(C)(C)C)sc1CS(=O)(=O)F. The van der Waals surface area contributed by atoms with Crippen molar-refractivity contribution in [1.82, 2.24) is 4.98 Å². The molecule has 0 radical (unpaired) electrons. The molecule has 108 valence electrons. The highest BCUT2D eigenvalue weighted by Crippen LogP contribution is 2.25. The second-order valence-electron chi connectivity index (χ2n) is 4.84. The molecule has 0 unspecified atom stereocenters. The van der Waals surface area contributed by atoms with E-state index in [4.69, 9.17) is 4.74 Å². The normalized spacial score (nSPS) is 12.3. The van der Waals surface area contributed by atoms with E-state index in [1.54, 1.807) is 20.8 Å². The number of rotatable bonds is 3. The van der Waals surface area contributed by atoms with E-state index in [1.165, 1.54) is 6.92 Å². The van der Waals surface area contributed by atoms with Crippen LogP contribution in [0.1, 0.15) is 31.3 Å². The van der Waals surface area contributed by atoms with Gasteiger partial charge in [0.05, 0.1) is 5.69 Å². The van der Waals surface area contributed by atoms with Crippen LogP contribution in [0.5, 0.6) is 0 Å². The lowest BCUT2D eigenvalue weighted by atomic mass is 10.2. The second kappa shape index (κ2) is 5.41. The van der Waals surface area contributed by atoms with Gasteiger partial charge in [-0.1, -0.05) is 0 Å². The molecule has 1 aromatic heterocycles. The Morgan fingerprint density at radius 2 is 2.05 bits per heavy atom. The molecule has 1 amide bonds. The molecule has 0 fully saturated rings. The number of carbonyl (C=O) groups excluding carboxylic acids is 1. The molecular formula is C10H15FN2O4S2. The van der Waals surface area contributed by atoms with Crippen molar-refractivity contribution in [3.05, 3.63) is 10.6 Å². The summed E-state index contributed by atoms with van der Waals surface area (Å²) in [6.45, 7) is 6.67. The Morgan fingerprint density at radius 1 is 1.47 bits per heavy atom. The van der Waals surface area contributed by atoms with E-state index in [0.29, 0.717) is 5.69 Å². The van der Waals surface area contributed by atoms with Crippen LogP contribution in [0.3, 0.4) is 0 Å². The summed E-state index contributed by atoms with van der Waals surface area (Å²) in [6.07, 6.45) is -0.698. The first kappa shape index (κ1) is 15.8. The topological polar surface area (TPSA) is 85.4 Å². The third kappa shape index (κ3) is 5.97. The minimum absolute atomic E-state index is 0.172. The predicted molar refractivity (Wildman–Crippen MR) is 70.4 cm³/mol. The van der Waals surface area contributed by atoms with Gasteiger partial charge in [-0.15, -0.1) is 15.2 Å². The molecular weight excluding hydrogens is 295 g/mol. The van der Waals surface area contributed by atoms with E-state index >= 15 is 0 Å². The molecule has 0 atom stereocenters. The number of thiazole rings is 1. The van der Waals surface area contributed by atoms with Crippen LogP contribution in [0, 0.1) is 6.92 Å². The minimum Gasteiger partial charge on any atom is -0.444 e. The smallest absolute Gasteiger partial charge is 0.413 e. The second-order valence-corrected chi connectivity index (χ2v) is 7.29. The van der Waals surface area contributed by atoms with Crippen LogP contribution < -0.4 is 5.32 Å². The monoisotopic (exact) mass is 310 g/mol. The summed E-state index contributed by atoms with van der Waals surface area (Å²) in [5, 5.41) is 2.55. The van der Waals surface area contributed by atoms with E-state index in [9.17, 15) is 17.1 Å². The lowest BCUT2D eigenvalue weighted by molar-refractivity contribution is 0.0636. The Hall–Kier alpha value is -1.22. The fourth-order valence-corrected chi connectivity index (χ4v) is 3.09. The van der Waals surface area contributed by atoms with Crippen molar-refractivity contribution >= 4 is 32.8 Å². The summed E-state index contributed by atoms with van der Waals surface area (Å²) in [5.41, 5.74) is -0.293. The van der Waals surface area contributed by atoms with Gasteiger partial charge >= 0.3 is 16.3 Å². The number of amides is 1. The quantitative estimate of drug-likeness (QED) is 0.867. The van der Waals surface area contributed by atoms with Crippen LogP contribution in [0.15, 0.2) is 0 Å². The standard InChI is InChI=1S/C10H15FN2O4S2/c1-6-7(5-19(11,15)16)18-8(12-6)13-9(14)17-10(2,3)4/h5H2,1-4H3,(H,12,13,14). The number of aryl methyl sites for hydroxylation is 1. The first-order valence-electron chi connectivity index (χ1n) is 5.35. The largest absolute Gasteiger partial charge is 0.444 e. The Labute approximate surface area is 115 Å². The molecule has 1 rings (SSSR count). The van der Waals surface area contributed by atoms with Crippen molar-refractivity contribution in [3.63, 3.8) is 0 Å². The zero-order valence-electron chi connectivity index (χ0n) is 11.0. The highest BCUT2D eigenvalue weighted by molar-refractivity contribution is 7.85. The van der Waals surface area contributed by atoms with E-state index in [0.717, 1.165) is 11.3 Å². The van der Waals surface area contributed by atoms with Gasteiger partial charge in [-0.25, -0.2) is 9.78 Å². The lowest BCUT2D eigenvalue weighted by Gasteiger charge is -2.18. The maximum Gasteiger partial charge on any atom is 0.413 e. The molecule has 0 saturated carbocycles. The van der Waals surface area contributed by atoms with Gasteiger partial charge in [0.1, 0.15) is 11.4 Å². The number of hydrogen-bond donors (Lipinski definition) is 1. The summed E-state index contributed by atoms with van der Waals surface area (Å²) in [7, 11) is -4.62. The number of nitrogens with zero attached hydrogens (tertiary/aromatic N) is 1. The van der Waals surface area contributed by atoms with Gasteiger partial charge in [0, 0.05) is 4.88 Å². The molecule has 1 heterocycles. The van der Waals surface area contributed by atoms with Crippen molar-refractivity contribution < 1.29 is 21.8 Å². The molecule has 0 aliphatic carbocycles. The van der Waals surface area contributed by atoms with E-state index in [2.05, 4.69) is 10.3 Å². The van der Waals surface area contributed by atoms with Crippen LogP contribution in [0.2, 0.25) is 0 Å². The van der Waals surface area contributed by atoms with E-state index in [1.807, 2.05) is 0 Å². The summed E-state index contributed by atoms with van der Waals surface area (Å²) in [4.78, 5) is 15.7. The zero-order valence-corrected chi connectivity index (χ0v) is 12.6. The van der Waals surface area contributed by atoms with Crippen LogP contribution in [0.25, 0.3) is 0 Å². The van der Waals surface area contributed by atoms with Crippen LogP contribution in [-0.4, -0.2) is 25.1 Å². The van der Waals surface area contributed by atoms with Gasteiger partial charge in [-0.05, 0) is 27.7 Å². The molecule has 9 heteroatoms. The highest BCUT2D eigenvalue weighted by atomic mass is 32.3.